The second-order valence-electron chi connectivity index (χ2n) is 26.1. The van der Waals surface area contributed by atoms with Gasteiger partial charge in [0.1, 0.15) is 6.61 Å². The fourth-order valence-corrected chi connectivity index (χ4v) is 11.7. The molecule has 0 saturated carbocycles. The minimum Gasteiger partial charge on any atom is -0.462 e. The van der Waals surface area contributed by atoms with Crippen LogP contribution in [-0.4, -0.2) is 36.4 Å². The van der Waals surface area contributed by atoms with Crippen LogP contribution in [0.25, 0.3) is 0 Å². The molecule has 1 unspecified atom stereocenters. The number of aliphatic hydroxyl groups excluding tert-OH is 1. The molecule has 0 heterocycles. The summed E-state index contributed by atoms with van der Waals surface area (Å²) in [4.78, 5) is 24.7. The van der Waals surface area contributed by atoms with Crippen LogP contribution in [0.3, 0.4) is 0 Å². The predicted molar refractivity (Wildman–Crippen MR) is 385 cm³/mol. The maximum Gasteiger partial charge on any atom is 0.306 e. The zero-order valence-electron chi connectivity index (χ0n) is 58.3. The van der Waals surface area contributed by atoms with Crippen molar-refractivity contribution in [3.05, 3.63) is 85.1 Å². The highest BCUT2D eigenvalue weighted by atomic mass is 16.6. The lowest BCUT2D eigenvalue weighted by Gasteiger charge is -2.15. The summed E-state index contributed by atoms with van der Waals surface area (Å²) < 4.78 is 10.8. The number of unbranched alkanes of at least 4 members (excludes halogenated alkanes) is 50. The maximum absolute atomic E-state index is 12.4. The van der Waals surface area contributed by atoms with Crippen molar-refractivity contribution in [2.45, 2.75) is 412 Å². The van der Waals surface area contributed by atoms with Crippen LogP contribution in [0, 0.1) is 0 Å². The van der Waals surface area contributed by atoms with E-state index in [4.69, 9.17) is 9.47 Å². The molecular formula is C82H148O5. The molecule has 0 aromatic heterocycles. The molecule has 0 bridgehead atoms. The van der Waals surface area contributed by atoms with Crippen LogP contribution in [0.4, 0.5) is 0 Å². The van der Waals surface area contributed by atoms with Crippen LogP contribution < -0.4 is 0 Å². The Balaban J connectivity index is 3.41. The number of esters is 2. The second-order valence-corrected chi connectivity index (χ2v) is 26.1. The number of hydrogen-bond donors (Lipinski definition) is 1. The highest BCUT2D eigenvalue weighted by Crippen LogP contribution is 2.19. The topological polar surface area (TPSA) is 72.8 Å². The van der Waals surface area contributed by atoms with Crippen molar-refractivity contribution >= 4 is 11.9 Å². The number of hydrogen-bond acceptors (Lipinski definition) is 5. The van der Waals surface area contributed by atoms with Gasteiger partial charge in [-0.1, -0.05) is 407 Å². The Labute approximate surface area is 543 Å². The summed E-state index contributed by atoms with van der Waals surface area (Å²) in [6, 6.07) is 0. The van der Waals surface area contributed by atoms with E-state index >= 15 is 0 Å². The second kappa shape index (κ2) is 77.3. The van der Waals surface area contributed by atoms with Crippen molar-refractivity contribution in [3.8, 4) is 0 Å². The molecule has 0 fully saturated rings. The van der Waals surface area contributed by atoms with Gasteiger partial charge in [0.15, 0.2) is 6.10 Å². The van der Waals surface area contributed by atoms with Crippen LogP contribution >= 0.6 is 0 Å². The monoisotopic (exact) mass is 1210 g/mol. The zero-order valence-corrected chi connectivity index (χ0v) is 58.3. The standard InChI is InChI=1S/C82H148O5/c1-3-5-7-9-11-13-15-17-19-21-23-25-27-29-31-33-35-37-39-40-41-42-43-45-47-49-51-53-55-57-59-61-63-65-67-69-71-73-75-77-82(85)87-80(78-83)79-86-81(84)76-74-72-70-68-66-64-62-60-58-56-54-52-50-48-46-44-38-36-34-32-30-28-26-24-22-20-18-16-14-12-10-8-6-4-2/h5,7,11,13,17,19,23,25,29,31,35,37,40-41,80,83H,3-4,6,8-10,12,14-16,18,20-22,24,26-28,30,32-34,36,38-39,42-79H2,1-2H3/b7-5-,13-11-,19-17-,25-23-,31-29-,37-35-,41-40-. The Morgan fingerprint density at radius 2 is 0.494 bits per heavy atom. The quantitative estimate of drug-likeness (QED) is 0.0373. The number of carbonyl (C=O) groups excluding carboxylic acids is 2. The highest BCUT2D eigenvalue weighted by Gasteiger charge is 2.16. The van der Waals surface area contributed by atoms with Gasteiger partial charge in [-0.3, -0.25) is 9.59 Å². The molecule has 0 rings (SSSR count). The summed E-state index contributed by atoms with van der Waals surface area (Å²) in [5, 5.41) is 9.72. The average molecular weight is 1210 g/mol. The van der Waals surface area contributed by atoms with E-state index in [1.165, 1.54) is 302 Å². The van der Waals surface area contributed by atoms with E-state index in [9.17, 15) is 14.7 Å². The largest absolute Gasteiger partial charge is 0.462 e. The Morgan fingerprint density at radius 3 is 0.747 bits per heavy atom. The first kappa shape index (κ1) is 84.1. The molecule has 87 heavy (non-hydrogen) atoms. The lowest BCUT2D eigenvalue weighted by atomic mass is 10.0. The number of rotatable bonds is 72. The summed E-state index contributed by atoms with van der Waals surface area (Å²) >= 11 is 0. The summed E-state index contributed by atoms with van der Waals surface area (Å²) in [5.41, 5.74) is 0. The molecule has 0 aliphatic rings. The van der Waals surface area contributed by atoms with E-state index < -0.39 is 6.10 Å². The van der Waals surface area contributed by atoms with Gasteiger partial charge in [-0.2, -0.15) is 0 Å². The van der Waals surface area contributed by atoms with E-state index in [1.807, 2.05) is 0 Å². The molecule has 0 aromatic rings. The van der Waals surface area contributed by atoms with Crippen LogP contribution in [0.2, 0.25) is 0 Å². The van der Waals surface area contributed by atoms with Crippen molar-refractivity contribution in [2.75, 3.05) is 13.2 Å². The number of aliphatic hydroxyl groups is 1. The summed E-state index contributed by atoms with van der Waals surface area (Å²) in [6.07, 6.45) is 109. The molecule has 1 N–H and O–H groups in total. The summed E-state index contributed by atoms with van der Waals surface area (Å²) in [5.74, 6) is -0.570. The first-order valence-electron chi connectivity index (χ1n) is 38.6. The summed E-state index contributed by atoms with van der Waals surface area (Å²) in [7, 11) is 0. The molecule has 5 nitrogen and oxygen atoms in total. The predicted octanol–water partition coefficient (Wildman–Crippen LogP) is 27.2. The highest BCUT2D eigenvalue weighted by molar-refractivity contribution is 5.70. The Hall–Kier alpha value is -2.92. The molecule has 0 aromatic carbocycles. The van der Waals surface area contributed by atoms with Gasteiger partial charge in [0, 0.05) is 12.8 Å². The molecular weight excluding hydrogens is 1060 g/mol. The fourth-order valence-electron chi connectivity index (χ4n) is 11.7. The summed E-state index contributed by atoms with van der Waals surface area (Å²) in [6.45, 7) is 4.08. The van der Waals surface area contributed by atoms with Crippen LogP contribution in [0.1, 0.15) is 406 Å². The van der Waals surface area contributed by atoms with Crippen molar-refractivity contribution in [2.24, 2.45) is 0 Å². The third kappa shape index (κ3) is 75.5. The van der Waals surface area contributed by atoms with Crippen LogP contribution in [0.5, 0.6) is 0 Å². The molecule has 1 atom stereocenters. The van der Waals surface area contributed by atoms with Gasteiger partial charge in [-0.15, -0.1) is 0 Å². The van der Waals surface area contributed by atoms with E-state index in [-0.39, 0.29) is 25.2 Å². The molecule has 0 saturated heterocycles. The lowest BCUT2D eigenvalue weighted by molar-refractivity contribution is -0.161. The van der Waals surface area contributed by atoms with E-state index in [0.29, 0.717) is 12.8 Å². The average Bonchev–Trinajstić information content (AvgIpc) is 3.52. The van der Waals surface area contributed by atoms with Crippen molar-refractivity contribution in [1.29, 1.82) is 0 Å². The Kier molecular flexibility index (Phi) is 74.7. The molecule has 0 spiro atoms. The molecule has 0 aliphatic heterocycles. The molecule has 0 amide bonds. The van der Waals surface area contributed by atoms with Gasteiger partial charge >= 0.3 is 11.9 Å². The number of carbonyl (C=O) groups is 2. The number of ether oxygens (including phenoxy) is 2. The minimum absolute atomic E-state index is 0.0620. The lowest BCUT2D eigenvalue weighted by Crippen LogP contribution is -2.28. The van der Waals surface area contributed by atoms with Gasteiger partial charge in [0.05, 0.1) is 6.61 Å². The van der Waals surface area contributed by atoms with Gasteiger partial charge < -0.3 is 14.6 Å². The van der Waals surface area contributed by atoms with Gasteiger partial charge in [-0.25, -0.2) is 0 Å². The normalized spacial score (nSPS) is 12.6. The van der Waals surface area contributed by atoms with E-state index in [1.54, 1.807) is 0 Å². The van der Waals surface area contributed by atoms with E-state index in [0.717, 1.165) is 77.0 Å². The SMILES string of the molecule is CC/C=C\C/C=C\C/C=C\C/C=C\C/C=C\C/C=C\C/C=C\CCCCCCCCCCCCCCCCCCCC(=O)OC(CO)COC(=O)CCCCCCCCCCCCCCCCCCCCCCCCCCCCCCCCCCCC. The molecule has 506 valence electrons. The van der Waals surface area contributed by atoms with Crippen LogP contribution in [-0.2, 0) is 19.1 Å². The fraction of sp³-hybridized carbons (Fsp3) is 0.805. The number of allylic oxidation sites excluding steroid dienone is 14. The molecule has 5 heteroatoms. The Morgan fingerprint density at radius 1 is 0.276 bits per heavy atom. The maximum atomic E-state index is 12.4. The molecule has 0 aliphatic carbocycles. The third-order valence-electron chi connectivity index (χ3n) is 17.5. The smallest absolute Gasteiger partial charge is 0.306 e. The van der Waals surface area contributed by atoms with Gasteiger partial charge in [-0.05, 0) is 70.6 Å². The van der Waals surface area contributed by atoms with Crippen LogP contribution in [0.15, 0.2) is 85.1 Å². The first-order valence-corrected chi connectivity index (χ1v) is 38.6. The van der Waals surface area contributed by atoms with Crippen molar-refractivity contribution in [1.82, 2.24) is 0 Å². The van der Waals surface area contributed by atoms with Gasteiger partial charge in [0.25, 0.3) is 0 Å². The Bertz CT molecular complexity index is 1570. The van der Waals surface area contributed by atoms with Crippen molar-refractivity contribution < 1.29 is 24.2 Å². The third-order valence-corrected chi connectivity index (χ3v) is 17.5. The minimum atomic E-state index is -0.774. The van der Waals surface area contributed by atoms with Crippen molar-refractivity contribution in [3.63, 3.8) is 0 Å². The molecule has 0 radical (unpaired) electrons. The van der Waals surface area contributed by atoms with Gasteiger partial charge in [0.2, 0.25) is 0 Å². The first-order chi connectivity index (χ1) is 43.1. The zero-order chi connectivity index (χ0) is 62.6. The van der Waals surface area contributed by atoms with E-state index in [2.05, 4.69) is 98.9 Å².